The Morgan fingerprint density at radius 2 is 1.49 bits per heavy atom. The van der Waals surface area contributed by atoms with Gasteiger partial charge in [0.25, 0.3) is 5.91 Å². The highest BCUT2D eigenvalue weighted by molar-refractivity contribution is 6.05. The quantitative estimate of drug-likeness (QED) is 0.0612. The molecule has 0 radical (unpaired) electrons. The maximum Gasteiger partial charge on any atom is 0.329 e. The van der Waals surface area contributed by atoms with E-state index in [9.17, 15) is 33.6 Å². The van der Waals surface area contributed by atoms with E-state index in [1.807, 2.05) is 67.6 Å². The molecule has 6 amide bonds. The molecule has 376 valence electrons. The number of hydrogen-bond donors (Lipinski definition) is 3. The van der Waals surface area contributed by atoms with Gasteiger partial charge >= 0.3 is 5.69 Å². The molecule has 18 nitrogen and oxygen atoms in total. The number of carbonyl (C=O) groups excluding carboxylic acids is 6. The van der Waals surface area contributed by atoms with Gasteiger partial charge in [0.1, 0.15) is 18.7 Å². The van der Waals surface area contributed by atoms with Crippen LogP contribution >= 0.6 is 0 Å². The normalized spacial score (nSPS) is 17.7. The Bertz CT molecular complexity index is 2570. The highest BCUT2D eigenvalue weighted by Crippen LogP contribution is 2.39. The molecule has 7 rings (SSSR count). The predicted octanol–water partition coefficient (Wildman–Crippen LogP) is 3.34. The van der Waals surface area contributed by atoms with Crippen molar-refractivity contribution in [2.75, 3.05) is 58.1 Å². The molecule has 0 bridgehead atoms. The molecule has 0 spiro atoms. The first kappa shape index (κ1) is 51.6. The minimum absolute atomic E-state index is 0.0485. The molecular weight excluding hydrogens is 899 g/mol. The minimum atomic E-state index is -0.700. The Balaban J connectivity index is 0.718. The standard InChI is InChI=1S/C52H67N7O11/c1-34(40(19-22-45(53)60)55-50(64)44-31-39-12-4-10-38-11-5-13-48(63)59(44)49(38)39)70-32-37-16-14-35(15-17-37)8-6-24-54-46(61)33-69-29-28-68-27-26-67-25-7-9-36-18-20-41-43(30-36)56(2)52(66)58(41)42-21-23-47(62)57(3)51(42)65/h4,10,12,14-18,20,30,34,40,42,44H,5-9,11,13,19,21-29,31-33H2,1-3H3,(H2,53,60)(H,54,61)(H,55,64)/t34-,40+,42?,44+/m1/s1. The molecule has 4 atom stereocenters. The maximum atomic E-state index is 13.8. The van der Waals surface area contributed by atoms with Crippen LogP contribution in [0.2, 0.25) is 0 Å². The van der Waals surface area contributed by atoms with Crippen molar-refractivity contribution in [1.29, 1.82) is 0 Å². The molecule has 1 unspecified atom stereocenters. The molecule has 1 fully saturated rings. The first-order valence-electron chi connectivity index (χ1n) is 24.5. The number of aryl methyl sites for hydroxylation is 4. The van der Waals surface area contributed by atoms with Crippen LogP contribution in [0.15, 0.2) is 65.5 Å². The van der Waals surface area contributed by atoms with Crippen molar-refractivity contribution in [2.24, 2.45) is 12.8 Å². The molecule has 4 heterocycles. The first-order valence-corrected chi connectivity index (χ1v) is 24.5. The molecule has 1 saturated heterocycles. The average Bonchev–Trinajstić information content (AvgIpc) is 3.80. The predicted molar refractivity (Wildman–Crippen MR) is 261 cm³/mol. The number of piperidine rings is 1. The summed E-state index contributed by atoms with van der Waals surface area (Å²) < 4.78 is 26.0. The number of likely N-dealkylation sites (N-methyl/N-ethyl adjacent to an activating group) is 1. The van der Waals surface area contributed by atoms with Crippen LogP contribution in [0.25, 0.3) is 11.0 Å². The molecule has 0 aliphatic carbocycles. The number of nitrogens with zero attached hydrogens (tertiary/aromatic N) is 4. The summed E-state index contributed by atoms with van der Waals surface area (Å²) >= 11 is 0. The topological polar surface area (TPSA) is 223 Å². The van der Waals surface area contributed by atoms with Gasteiger partial charge in [0.05, 0.1) is 61.9 Å². The van der Waals surface area contributed by atoms with Crippen LogP contribution in [0.4, 0.5) is 5.69 Å². The molecule has 3 aliphatic heterocycles. The smallest absolute Gasteiger partial charge is 0.329 e. The lowest BCUT2D eigenvalue weighted by Gasteiger charge is -2.29. The number of benzene rings is 3. The van der Waals surface area contributed by atoms with Crippen LogP contribution < -0.4 is 27.0 Å². The third kappa shape index (κ3) is 12.9. The number of anilines is 1. The molecule has 3 aromatic carbocycles. The van der Waals surface area contributed by atoms with E-state index in [1.165, 1.54) is 11.6 Å². The molecule has 18 heteroatoms. The van der Waals surface area contributed by atoms with Gasteiger partial charge in [0.2, 0.25) is 29.5 Å². The van der Waals surface area contributed by atoms with Gasteiger partial charge in [-0.25, -0.2) is 4.79 Å². The minimum Gasteiger partial charge on any atom is -0.379 e. The number of imide groups is 1. The van der Waals surface area contributed by atoms with E-state index in [1.54, 1.807) is 16.5 Å². The molecule has 1 aromatic heterocycles. The first-order chi connectivity index (χ1) is 33.8. The largest absolute Gasteiger partial charge is 0.379 e. The summed E-state index contributed by atoms with van der Waals surface area (Å²) in [4.78, 5) is 91.7. The lowest BCUT2D eigenvalue weighted by Crippen LogP contribution is -2.53. The fraction of sp³-hybridized carbons (Fsp3) is 0.519. The van der Waals surface area contributed by atoms with E-state index in [4.69, 9.17) is 24.7 Å². The zero-order valence-electron chi connectivity index (χ0n) is 40.6. The van der Waals surface area contributed by atoms with Crippen molar-refractivity contribution in [3.8, 4) is 0 Å². The Labute approximate surface area is 408 Å². The monoisotopic (exact) mass is 965 g/mol. The fourth-order valence-corrected chi connectivity index (χ4v) is 9.54. The zero-order chi connectivity index (χ0) is 49.7. The van der Waals surface area contributed by atoms with E-state index in [2.05, 4.69) is 10.6 Å². The van der Waals surface area contributed by atoms with Crippen molar-refractivity contribution >= 4 is 52.2 Å². The van der Waals surface area contributed by atoms with E-state index >= 15 is 0 Å². The van der Waals surface area contributed by atoms with Crippen molar-refractivity contribution in [3.63, 3.8) is 0 Å². The Morgan fingerprint density at radius 1 is 0.786 bits per heavy atom. The van der Waals surface area contributed by atoms with E-state index in [0.717, 1.165) is 82.4 Å². The Kier molecular flexibility index (Phi) is 18.1. The number of aromatic nitrogens is 2. The number of fused-ring (bicyclic) bond motifs is 1. The number of ether oxygens (including phenoxy) is 4. The van der Waals surface area contributed by atoms with Crippen molar-refractivity contribution < 1.29 is 47.7 Å². The second-order valence-electron chi connectivity index (χ2n) is 18.4. The van der Waals surface area contributed by atoms with Crippen molar-refractivity contribution in [1.82, 2.24) is 24.7 Å². The fourth-order valence-electron chi connectivity index (χ4n) is 9.54. The molecule has 4 aromatic rings. The summed E-state index contributed by atoms with van der Waals surface area (Å²) in [5.74, 6) is -1.59. The summed E-state index contributed by atoms with van der Waals surface area (Å²) in [6.07, 6.45) is 5.86. The van der Waals surface area contributed by atoms with Gasteiger partial charge in [-0.1, -0.05) is 48.5 Å². The third-order valence-corrected chi connectivity index (χ3v) is 13.5. The molecule has 0 saturated carbocycles. The lowest BCUT2D eigenvalue weighted by atomic mass is 10.0. The summed E-state index contributed by atoms with van der Waals surface area (Å²) in [6.45, 7) is 4.55. The van der Waals surface area contributed by atoms with Crippen LogP contribution in [0.3, 0.4) is 0 Å². The van der Waals surface area contributed by atoms with Crippen LogP contribution in [0.1, 0.15) is 92.1 Å². The number of likely N-dealkylation sites (tertiary alicyclic amines) is 1. The van der Waals surface area contributed by atoms with Gasteiger partial charge in [0, 0.05) is 52.9 Å². The van der Waals surface area contributed by atoms with Crippen LogP contribution in [-0.4, -0.2) is 121 Å². The van der Waals surface area contributed by atoms with E-state index < -0.39 is 30.1 Å². The highest BCUT2D eigenvalue weighted by atomic mass is 16.5. The summed E-state index contributed by atoms with van der Waals surface area (Å²) in [6, 6.07) is 18.0. The number of carbonyl (C=O) groups is 6. The van der Waals surface area contributed by atoms with Gasteiger partial charge in [-0.2, -0.15) is 0 Å². The number of nitrogens with two attached hydrogens (primary N) is 1. The van der Waals surface area contributed by atoms with Gasteiger partial charge in [0.15, 0.2) is 0 Å². The summed E-state index contributed by atoms with van der Waals surface area (Å²) in [5, 5.41) is 5.98. The van der Waals surface area contributed by atoms with Crippen LogP contribution in [-0.2, 0) is 87.1 Å². The zero-order valence-corrected chi connectivity index (χ0v) is 40.6. The third-order valence-electron chi connectivity index (χ3n) is 13.5. The molecule has 70 heavy (non-hydrogen) atoms. The Hall–Kier alpha value is -6.21. The number of primary amides is 1. The maximum absolute atomic E-state index is 13.8. The van der Waals surface area contributed by atoms with E-state index in [-0.39, 0.29) is 61.3 Å². The van der Waals surface area contributed by atoms with Crippen LogP contribution in [0, 0.1) is 0 Å². The van der Waals surface area contributed by atoms with Gasteiger partial charge in [-0.3, -0.25) is 47.7 Å². The van der Waals surface area contributed by atoms with Gasteiger partial charge in [-0.05, 0) is 98.2 Å². The summed E-state index contributed by atoms with van der Waals surface area (Å²) in [5.41, 5.74) is 12.7. The summed E-state index contributed by atoms with van der Waals surface area (Å²) in [7, 11) is 3.15. The number of amides is 6. The second-order valence-corrected chi connectivity index (χ2v) is 18.4. The number of imidazole rings is 1. The number of rotatable bonds is 26. The van der Waals surface area contributed by atoms with Gasteiger partial charge < -0.3 is 35.3 Å². The number of hydrogen-bond acceptors (Lipinski definition) is 11. The molecule has 4 N–H and O–H groups in total. The number of para-hydroxylation sites is 1. The number of nitrogens with one attached hydrogen (secondary N) is 2. The SMILES string of the molecule is C[C@@H](OCc1ccc(CCCNC(=O)COCCOCCOCCCc2ccc3c(c2)n(C)c(=O)n3C2CCC(=O)N(C)C2=O)cc1)[C@H](CCC(N)=O)NC(=O)[C@@H]1Cc2cccc3c2N1C(=O)CCC3. The lowest BCUT2D eigenvalue weighted by molar-refractivity contribution is -0.149. The Morgan fingerprint density at radius 3 is 2.26 bits per heavy atom. The average molecular weight is 966 g/mol. The molecule has 3 aliphatic rings. The van der Waals surface area contributed by atoms with E-state index in [0.29, 0.717) is 70.8 Å². The van der Waals surface area contributed by atoms with Gasteiger partial charge in [-0.15, -0.1) is 0 Å². The molecular formula is C52H67N7O11. The second kappa shape index (κ2) is 24.6. The highest BCUT2D eigenvalue weighted by Gasteiger charge is 2.41. The van der Waals surface area contributed by atoms with Crippen molar-refractivity contribution in [3.05, 3.63) is 99.0 Å². The van der Waals surface area contributed by atoms with Crippen LogP contribution in [0.5, 0.6) is 0 Å². The van der Waals surface area contributed by atoms with Crippen molar-refractivity contribution in [2.45, 2.75) is 115 Å².